The van der Waals surface area contributed by atoms with Crippen LogP contribution in [0.25, 0.3) is 22.8 Å². The molecule has 0 aliphatic rings. The molecule has 0 N–H and O–H groups in total. The van der Waals surface area contributed by atoms with E-state index in [4.69, 9.17) is 11.6 Å². The van der Waals surface area contributed by atoms with Gasteiger partial charge in [0.1, 0.15) is 5.69 Å². The average Bonchev–Trinajstić information content (AvgIpc) is 3.53. The summed E-state index contributed by atoms with van der Waals surface area (Å²) in [4.78, 5) is 0. The number of hydrogen-bond acceptors (Lipinski definition) is 4. The largest absolute Gasteiger partial charge is 0.451 e. The monoisotopic (exact) mass is 630 g/mol. The van der Waals surface area contributed by atoms with Crippen molar-refractivity contribution in [2.45, 2.75) is 31.6 Å². The quantitative estimate of drug-likeness (QED) is 0.178. The van der Waals surface area contributed by atoms with E-state index in [1.807, 2.05) is 0 Å². The van der Waals surface area contributed by atoms with Gasteiger partial charge in [0.25, 0.3) is 0 Å². The first-order chi connectivity index (χ1) is 20.1. The maximum Gasteiger partial charge on any atom is 0.451 e. The number of rotatable bonds is 6. The molecule has 0 amide bonds. The molecule has 0 fully saturated rings. The van der Waals surface area contributed by atoms with Gasteiger partial charge in [-0.3, -0.25) is 4.57 Å². The normalized spacial score (nSPS) is 12.6. The van der Waals surface area contributed by atoms with Gasteiger partial charge in [-0.15, -0.1) is 15.3 Å². The van der Waals surface area contributed by atoms with E-state index < -0.39 is 60.0 Å². The SMILES string of the molecule is FC(F)(F)c1cc(Cn2nnc(-c3nnc(C(F)(F)F)n3Cc3ccccc3Cl)c2-c2ccccc2)cc(C(F)(F)F)c1. The van der Waals surface area contributed by atoms with Crippen LogP contribution in [0.2, 0.25) is 5.02 Å². The summed E-state index contributed by atoms with van der Waals surface area (Å²) in [6, 6.07) is 15.0. The Bertz CT molecular complexity index is 1720. The minimum absolute atomic E-state index is 0.00969. The molecule has 2 heterocycles. The second-order valence-corrected chi connectivity index (χ2v) is 9.65. The molecule has 16 heteroatoms. The third-order valence-corrected chi connectivity index (χ3v) is 6.63. The molecule has 5 aromatic rings. The van der Waals surface area contributed by atoms with Gasteiger partial charge < -0.3 is 0 Å². The van der Waals surface area contributed by atoms with E-state index >= 15 is 0 Å². The molecule has 0 atom stereocenters. The summed E-state index contributed by atoms with van der Waals surface area (Å²) in [5.74, 6) is -1.79. The Morgan fingerprint density at radius 2 is 1.26 bits per heavy atom. The molecule has 0 saturated heterocycles. The summed E-state index contributed by atoms with van der Waals surface area (Å²) in [5, 5.41) is 15.1. The fourth-order valence-corrected chi connectivity index (χ4v) is 4.57. The number of alkyl halides is 9. The number of nitrogens with zero attached hydrogens (tertiary/aromatic N) is 6. The second kappa shape index (κ2) is 11.0. The summed E-state index contributed by atoms with van der Waals surface area (Å²) in [6.45, 7) is -1.09. The van der Waals surface area contributed by atoms with Crippen molar-refractivity contribution in [3.05, 3.63) is 106 Å². The summed E-state index contributed by atoms with van der Waals surface area (Å²) in [7, 11) is 0. The number of aromatic nitrogens is 6. The van der Waals surface area contributed by atoms with Gasteiger partial charge in [-0.05, 0) is 35.4 Å². The molecule has 0 bridgehead atoms. The van der Waals surface area contributed by atoms with Crippen molar-refractivity contribution in [1.29, 1.82) is 0 Å². The van der Waals surface area contributed by atoms with E-state index in [9.17, 15) is 39.5 Å². The lowest BCUT2D eigenvalue weighted by Crippen LogP contribution is -2.17. The molecule has 0 saturated carbocycles. The summed E-state index contributed by atoms with van der Waals surface area (Å²) in [6.07, 6.45) is -15.1. The molecule has 5 rings (SSSR count). The molecule has 0 aliphatic carbocycles. The maximum atomic E-state index is 14.0. The Hall–Kier alpha value is -4.40. The molecular weight excluding hydrogens is 615 g/mol. The lowest BCUT2D eigenvalue weighted by atomic mass is 10.0. The van der Waals surface area contributed by atoms with Crippen LogP contribution < -0.4 is 0 Å². The van der Waals surface area contributed by atoms with Crippen molar-refractivity contribution in [3.63, 3.8) is 0 Å². The topological polar surface area (TPSA) is 61.4 Å². The Labute approximate surface area is 241 Å². The minimum Gasteiger partial charge on any atom is -0.297 e. The average molecular weight is 631 g/mol. The summed E-state index contributed by atoms with van der Waals surface area (Å²) in [5.41, 5.74) is -3.18. The van der Waals surface area contributed by atoms with Crippen LogP contribution in [0.15, 0.2) is 72.8 Å². The minimum atomic E-state index is -5.09. The van der Waals surface area contributed by atoms with Crippen molar-refractivity contribution in [2.75, 3.05) is 0 Å². The molecule has 0 unspecified atom stereocenters. The molecule has 3 aromatic carbocycles. The predicted octanol–water partition coefficient (Wildman–Crippen LogP) is 8.01. The third-order valence-electron chi connectivity index (χ3n) is 6.26. The molecule has 224 valence electrons. The van der Waals surface area contributed by atoms with Crippen LogP contribution in [-0.2, 0) is 31.6 Å². The highest BCUT2D eigenvalue weighted by molar-refractivity contribution is 6.31. The smallest absolute Gasteiger partial charge is 0.297 e. The second-order valence-electron chi connectivity index (χ2n) is 9.25. The maximum absolute atomic E-state index is 14.0. The van der Waals surface area contributed by atoms with Gasteiger partial charge in [-0.1, -0.05) is 65.3 Å². The Morgan fingerprint density at radius 3 is 1.84 bits per heavy atom. The van der Waals surface area contributed by atoms with Crippen molar-refractivity contribution >= 4 is 11.6 Å². The van der Waals surface area contributed by atoms with Gasteiger partial charge in [-0.25, -0.2) is 4.68 Å². The lowest BCUT2D eigenvalue weighted by Gasteiger charge is -2.15. The highest BCUT2D eigenvalue weighted by Crippen LogP contribution is 2.38. The predicted molar refractivity (Wildman–Crippen MR) is 136 cm³/mol. The van der Waals surface area contributed by atoms with Crippen molar-refractivity contribution in [3.8, 4) is 22.8 Å². The molecule has 43 heavy (non-hydrogen) atoms. The first-order valence-electron chi connectivity index (χ1n) is 12.1. The molecule has 6 nitrogen and oxygen atoms in total. The molecule has 0 aliphatic heterocycles. The summed E-state index contributed by atoms with van der Waals surface area (Å²) >= 11 is 6.19. The van der Waals surface area contributed by atoms with E-state index in [1.54, 1.807) is 30.3 Å². The van der Waals surface area contributed by atoms with E-state index in [-0.39, 0.29) is 28.0 Å². The Morgan fingerprint density at radius 1 is 0.651 bits per heavy atom. The van der Waals surface area contributed by atoms with E-state index in [0.29, 0.717) is 22.3 Å². The van der Waals surface area contributed by atoms with Crippen molar-refractivity contribution in [1.82, 2.24) is 29.8 Å². The molecule has 2 aromatic heterocycles. The standard InChI is InChI=1S/C27H16ClF9N6/c28-20-9-5-4-8-17(20)14-42-23(39-40-24(42)27(35,36)37)21-22(16-6-2-1-3-7-16)43(41-38-21)13-15-10-18(25(29,30)31)12-19(11-15)26(32,33)34/h1-12H,13-14H2. The van der Waals surface area contributed by atoms with Gasteiger partial charge in [-0.2, -0.15) is 39.5 Å². The van der Waals surface area contributed by atoms with Crippen LogP contribution in [0.4, 0.5) is 39.5 Å². The van der Waals surface area contributed by atoms with Gasteiger partial charge >= 0.3 is 18.5 Å². The van der Waals surface area contributed by atoms with Crippen molar-refractivity contribution in [2.24, 2.45) is 0 Å². The van der Waals surface area contributed by atoms with Gasteiger partial charge in [0.05, 0.1) is 24.2 Å². The zero-order valence-corrected chi connectivity index (χ0v) is 22.1. The number of halogens is 10. The van der Waals surface area contributed by atoms with Crippen LogP contribution in [0.5, 0.6) is 0 Å². The summed E-state index contributed by atoms with van der Waals surface area (Å²) < 4.78 is 124. The van der Waals surface area contributed by atoms with Crippen LogP contribution in [0.3, 0.4) is 0 Å². The van der Waals surface area contributed by atoms with Gasteiger partial charge in [0, 0.05) is 10.6 Å². The van der Waals surface area contributed by atoms with E-state index in [2.05, 4.69) is 20.5 Å². The first-order valence-corrected chi connectivity index (χ1v) is 12.5. The zero-order valence-electron chi connectivity index (χ0n) is 21.3. The van der Waals surface area contributed by atoms with Gasteiger partial charge in [0.2, 0.25) is 5.82 Å². The molecule has 0 spiro atoms. The van der Waals surface area contributed by atoms with Crippen LogP contribution >= 0.6 is 11.6 Å². The zero-order chi connectivity index (χ0) is 31.2. The number of benzene rings is 3. The fraction of sp³-hybridized carbons (Fsp3) is 0.185. The molecular formula is C27H16ClF9N6. The third kappa shape index (κ3) is 6.35. The Balaban J connectivity index is 1.69. The van der Waals surface area contributed by atoms with Gasteiger partial charge in [0.15, 0.2) is 11.5 Å². The van der Waals surface area contributed by atoms with Crippen molar-refractivity contribution < 1.29 is 39.5 Å². The number of hydrogen-bond donors (Lipinski definition) is 0. The van der Waals surface area contributed by atoms with E-state index in [1.165, 1.54) is 24.3 Å². The lowest BCUT2D eigenvalue weighted by molar-refractivity contribution is -0.147. The van der Waals surface area contributed by atoms with Crippen LogP contribution in [0.1, 0.15) is 28.1 Å². The highest BCUT2D eigenvalue weighted by atomic mass is 35.5. The highest BCUT2D eigenvalue weighted by Gasteiger charge is 2.40. The van der Waals surface area contributed by atoms with Crippen LogP contribution in [-0.4, -0.2) is 29.8 Å². The van der Waals surface area contributed by atoms with Crippen LogP contribution in [0, 0.1) is 0 Å². The fourth-order valence-electron chi connectivity index (χ4n) is 4.37. The molecule has 0 radical (unpaired) electrons. The Kier molecular flexibility index (Phi) is 7.71. The van der Waals surface area contributed by atoms with E-state index in [0.717, 1.165) is 4.68 Å². The first kappa shape index (κ1) is 30.1.